The smallest absolute Gasteiger partial charge is 0.103 e. The van der Waals surface area contributed by atoms with Crippen LogP contribution in [-0.2, 0) is 0 Å². The highest BCUT2D eigenvalue weighted by Gasteiger charge is 2.29. The van der Waals surface area contributed by atoms with Crippen LogP contribution < -0.4 is 10.2 Å². The van der Waals surface area contributed by atoms with E-state index in [0.717, 1.165) is 48.6 Å². The Morgan fingerprint density at radius 2 is 2.00 bits per heavy atom. The van der Waals surface area contributed by atoms with E-state index in [2.05, 4.69) is 28.2 Å². The average molecular weight is 258 g/mol. The van der Waals surface area contributed by atoms with Gasteiger partial charge in [0.05, 0.1) is 16.9 Å². The first kappa shape index (κ1) is 13.8. The van der Waals surface area contributed by atoms with Crippen LogP contribution in [0.4, 0.5) is 5.69 Å². The second kappa shape index (κ2) is 5.18. The lowest BCUT2D eigenvalue weighted by atomic mass is 9.89. The van der Waals surface area contributed by atoms with Gasteiger partial charge in [0.2, 0.25) is 0 Å². The first-order valence-corrected chi connectivity index (χ1v) is 6.81. The number of aryl methyl sites for hydroxylation is 2. The molecule has 1 N–H and O–H groups in total. The minimum absolute atomic E-state index is 0.223. The van der Waals surface area contributed by atoms with Crippen LogP contribution in [0.2, 0.25) is 0 Å². The molecule has 2 heterocycles. The SMILES string of the molecule is CNC1(C)CCN(c2cc(C)nc(C)c2C#N)CC1. The van der Waals surface area contributed by atoms with Gasteiger partial charge in [-0.25, -0.2) is 0 Å². The predicted molar refractivity (Wildman–Crippen MR) is 77.3 cm³/mol. The van der Waals surface area contributed by atoms with Crippen LogP contribution in [-0.4, -0.2) is 30.7 Å². The van der Waals surface area contributed by atoms with E-state index in [9.17, 15) is 5.26 Å². The summed E-state index contributed by atoms with van der Waals surface area (Å²) in [5.74, 6) is 0. The third-order valence-corrected chi connectivity index (χ3v) is 4.23. The summed E-state index contributed by atoms with van der Waals surface area (Å²) < 4.78 is 0. The molecule has 0 amide bonds. The first-order chi connectivity index (χ1) is 8.99. The van der Waals surface area contributed by atoms with Gasteiger partial charge in [-0.1, -0.05) is 0 Å². The monoisotopic (exact) mass is 258 g/mol. The fraction of sp³-hybridized carbons (Fsp3) is 0.600. The quantitative estimate of drug-likeness (QED) is 0.883. The number of hydrogen-bond donors (Lipinski definition) is 1. The number of piperidine rings is 1. The van der Waals surface area contributed by atoms with Crippen molar-refractivity contribution < 1.29 is 0 Å². The minimum atomic E-state index is 0.223. The number of nitrogens with one attached hydrogen (secondary N) is 1. The Kier molecular flexibility index (Phi) is 3.77. The number of nitrogens with zero attached hydrogens (tertiary/aromatic N) is 3. The van der Waals surface area contributed by atoms with Crippen molar-refractivity contribution in [1.82, 2.24) is 10.3 Å². The summed E-state index contributed by atoms with van der Waals surface area (Å²) in [6.45, 7) is 8.12. The zero-order chi connectivity index (χ0) is 14.0. The molecule has 4 heteroatoms. The maximum Gasteiger partial charge on any atom is 0.103 e. The molecule has 0 atom stereocenters. The van der Waals surface area contributed by atoms with Crippen molar-refractivity contribution in [3.63, 3.8) is 0 Å². The van der Waals surface area contributed by atoms with Crippen molar-refractivity contribution in [3.05, 3.63) is 23.0 Å². The topological polar surface area (TPSA) is 52.0 Å². The molecule has 1 saturated heterocycles. The lowest BCUT2D eigenvalue weighted by Crippen LogP contribution is -2.50. The van der Waals surface area contributed by atoms with E-state index in [1.54, 1.807) is 0 Å². The van der Waals surface area contributed by atoms with E-state index in [1.165, 1.54) is 0 Å². The Hall–Kier alpha value is -1.60. The van der Waals surface area contributed by atoms with Gasteiger partial charge in [0.25, 0.3) is 0 Å². The van der Waals surface area contributed by atoms with Crippen LogP contribution in [0, 0.1) is 25.2 Å². The molecule has 2 rings (SSSR count). The van der Waals surface area contributed by atoms with Gasteiger partial charge >= 0.3 is 0 Å². The Labute approximate surface area is 115 Å². The number of pyridine rings is 1. The van der Waals surface area contributed by atoms with E-state index < -0.39 is 0 Å². The molecule has 0 radical (unpaired) electrons. The van der Waals surface area contributed by atoms with Crippen molar-refractivity contribution in [2.24, 2.45) is 0 Å². The molecule has 19 heavy (non-hydrogen) atoms. The van der Waals surface area contributed by atoms with Gasteiger partial charge in [-0.15, -0.1) is 0 Å². The third kappa shape index (κ3) is 2.71. The predicted octanol–water partition coefficient (Wildman–Crippen LogP) is 2.15. The van der Waals surface area contributed by atoms with Crippen LogP contribution in [0.25, 0.3) is 0 Å². The number of aromatic nitrogens is 1. The number of rotatable bonds is 2. The number of anilines is 1. The Morgan fingerprint density at radius 3 is 2.53 bits per heavy atom. The zero-order valence-electron chi connectivity index (χ0n) is 12.2. The van der Waals surface area contributed by atoms with Crippen molar-refractivity contribution in [2.75, 3.05) is 25.0 Å². The van der Waals surface area contributed by atoms with Crippen molar-refractivity contribution >= 4 is 5.69 Å². The molecule has 0 unspecified atom stereocenters. The van der Waals surface area contributed by atoms with Gasteiger partial charge in [0.15, 0.2) is 0 Å². The highest BCUT2D eigenvalue weighted by atomic mass is 15.2. The molecule has 0 saturated carbocycles. The summed E-state index contributed by atoms with van der Waals surface area (Å²) >= 11 is 0. The zero-order valence-corrected chi connectivity index (χ0v) is 12.2. The fourth-order valence-electron chi connectivity index (χ4n) is 2.69. The maximum absolute atomic E-state index is 9.34. The van der Waals surface area contributed by atoms with E-state index in [1.807, 2.05) is 27.0 Å². The number of nitriles is 1. The summed E-state index contributed by atoms with van der Waals surface area (Å²) in [6, 6.07) is 4.34. The highest BCUT2D eigenvalue weighted by Crippen LogP contribution is 2.29. The van der Waals surface area contributed by atoms with Gasteiger partial charge in [-0.2, -0.15) is 5.26 Å². The first-order valence-electron chi connectivity index (χ1n) is 6.81. The largest absolute Gasteiger partial charge is 0.370 e. The van der Waals surface area contributed by atoms with Crippen LogP contribution in [0.15, 0.2) is 6.07 Å². The molecule has 4 nitrogen and oxygen atoms in total. The van der Waals surface area contributed by atoms with E-state index in [4.69, 9.17) is 0 Å². The summed E-state index contributed by atoms with van der Waals surface area (Å²) in [4.78, 5) is 6.70. The lowest BCUT2D eigenvalue weighted by Gasteiger charge is -2.40. The summed E-state index contributed by atoms with van der Waals surface area (Å²) in [5.41, 5.74) is 3.80. The summed E-state index contributed by atoms with van der Waals surface area (Å²) in [5, 5.41) is 12.7. The molecule has 1 aromatic heterocycles. The molecular formula is C15H22N4. The Balaban J connectivity index is 2.27. The van der Waals surface area contributed by atoms with Crippen molar-refractivity contribution in [1.29, 1.82) is 5.26 Å². The summed E-state index contributed by atoms with van der Waals surface area (Å²) in [6.07, 6.45) is 2.18. The molecule has 102 valence electrons. The third-order valence-electron chi connectivity index (χ3n) is 4.23. The molecule has 0 spiro atoms. The maximum atomic E-state index is 9.34. The van der Waals surface area contributed by atoms with Crippen LogP contribution >= 0.6 is 0 Å². The molecule has 0 bridgehead atoms. The molecule has 0 aromatic carbocycles. The summed E-state index contributed by atoms with van der Waals surface area (Å²) in [7, 11) is 2.02. The molecule has 1 aromatic rings. The van der Waals surface area contributed by atoms with Gasteiger partial charge < -0.3 is 10.2 Å². The molecule has 1 aliphatic heterocycles. The second-order valence-electron chi connectivity index (χ2n) is 5.65. The normalized spacial score (nSPS) is 18.2. The van der Waals surface area contributed by atoms with Gasteiger partial charge in [-0.3, -0.25) is 4.98 Å². The Morgan fingerprint density at radius 1 is 1.37 bits per heavy atom. The van der Waals surface area contributed by atoms with Gasteiger partial charge in [0.1, 0.15) is 6.07 Å². The van der Waals surface area contributed by atoms with Crippen molar-refractivity contribution in [2.45, 2.75) is 39.2 Å². The van der Waals surface area contributed by atoms with E-state index >= 15 is 0 Å². The van der Waals surface area contributed by atoms with Gasteiger partial charge in [-0.05, 0) is 46.7 Å². The van der Waals surface area contributed by atoms with E-state index in [0.29, 0.717) is 0 Å². The van der Waals surface area contributed by atoms with Crippen molar-refractivity contribution in [3.8, 4) is 6.07 Å². The molecular weight excluding hydrogens is 236 g/mol. The van der Waals surface area contributed by atoms with Gasteiger partial charge in [0, 0.05) is 24.3 Å². The lowest BCUT2D eigenvalue weighted by molar-refractivity contribution is 0.305. The van der Waals surface area contributed by atoms with Crippen LogP contribution in [0.1, 0.15) is 36.7 Å². The standard InChI is InChI=1S/C15H22N4/c1-11-9-14(13(10-16)12(2)18-11)19-7-5-15(3,17-4)6-8-19/h9,17H,5-8H2,1-4H3. The average Bonchev–Trinajstić information content (AvgIpc) is 2.39. The second-order valence-corrected chi connectivity index (χ2v) is 5.65. The minimum Gasteiger partial charge on any atom is -0.370 e. The number of hydrogen-bond acceptors (Lipinski definition) is 4. The molecule has 1 aliphatic rings. The van der Waals surface area contributed by atoms with E-state index in [-0.39, 0.29) is 5.54 Å². The molecule has 1 fully saturated rings. The fourth-order valence-corrected chi connectivity index (χ4v) is 2.69. The highest BCUT2D eigenvalue weighted by molar-refractivity contribution is 5.61. The Bertz CT molecular complexity index is 508. The van der Waals surface area contributed by atoms with Crippen LogP contribution in [0.3, 0.4) is 0 Å². The van der Waals surface area contributed by atoms with Crippen LogP contribution in [0.5, 0.6) is 0 Å². The molecule has 0 aliphatic carbocycles.